The van der Waals surface area contributed by atoms with E-state index in [0.717, 1.165) is 24.4 Å². The second-order valence-electron chi connectivity index (χ2n) is 6.40. The van der Waals surface area contributed by atoms with Gasteiger partial charge in [0, 0.05) is 10.4 Å². The summed E-state index contributed by atoms with van der Waals surface area (Å²) in [6, 6.07) is 17.2. The first-order chi connectivity index (χ1) is 10.5. The largest absolute Gasteiger partial charge is 0.309 e. The molecule has 1 nitrogen and oxygen atoms in total. The minimum absolute atomic E-state index is 0.00145. The molecule has 2 aromatic carbocycles. The van der Waals surface area contributed by atoms with E-state index >= 15 is 0 Å². The number of halogens is 1. The number of rotatable bonds is 6. The highest BCUT2D eigenvalue weighted by molar-refractivity contribution is 6.30. The van der Waals surface area contributed by atoms with Gasteiger partial charge in [0.1, 0.15) is 0 Å². The van der Waals surface area contributed by atoms with Crippen LogP contribution in [-0.2, 0) is 11.8 Å². The first-order valence-electron chi connectivity index (χ1n) is 7.96. The van der Waals surface area contributed by atoms with Crippen LogP contribution < -0.4 is 0 Å². The minimum atomic E-state index is 0.00145. The van der Waals surface area contributed by atoms with Crippen molar-refractivity contribution in [2.24, 2.45) is 0 Å². The lowest BCUT2D eigenvalue weighted by Crippen LogP contribution is -2.30. The zero-order valence-corrected chi connectivity index (χ0v) is 14.8. The van der Waals surface area contributed by atoms with Crippen LogP contribution in [0.15, 0.2) is 48.5 Å². The fraction of sp³-hybridized carbons (Fsp3) is 0.400. The molecule has 1 atom stereocenters. The van der Waals surface area contributed by atoms with Crippen LogP contribution in [0.1, 0.15) is 37.0 Å². The summed E-state index contributed by atoms with van der Waals surface area (Å²) in [5.74, 6) is 0. The van der Waals surface area contributed by atoms with Crippen LogP contribution in [0.2, 0.25) is 5.02 Å². The molecule has 0 aliphatic heterocycles. The molecule has 1 unspecified atom stereocenters. The predicted octanol–water partition coefficient (Wildman–Crippen LogP) is 5.16. The summed E-state index contributed by atoms with van der Waals surface area (Å²) in [6.07, 6.45) is 2.14. The third-order valence-corrected chi connectivity index (χ3v) is 4.79. The summed E-state index contributed by atoms with van der Waals surface area (Å²) in [5, 5.41) is 0.794. The molecule has 0 fully saturated rings. The van der Waals surface area contributed by atoms with E-state index in [4.69, 9.17) is 11.6 Å². The Morgan fingerprint density at radius 1 is 1.00 bits per heavy atom. The zero-order chi connectivity index (χ0) is 16.2. The van der Waals surface area contributed by atoms with Crippen molar-refractivity contribution in [3.8, 4) is 0 Å². The normalized spacial score (nSPS) is 14.1. The lowest BCUT2D eigenvalue weighted by atomic mass is 9.71. The summed E-state index contributed by atoms with van der Waals surface area (Å²) in [6.45, 7) is 5.64. The lowest BCUT2D eigenvalue weighted by Gasteiger charge is -2.34. The van der Waals surface area contributed by atoms with E-state index < -0.39 is 0 Å². The number of benzene rings is 2. The Morgan fingerprint density at radius 2 is 1.64 bits per heavy atom. The quantitative estimate of drug-likeness (QED) is 0.711. The van der Waals surface area contributed by atoms with Crippen molar-refractivity contribution in [2.45, 2.75) is 32.1 Å². The first-order valence-corrected chi connectivity index (χ1v) is 8.34. The molecule has 0 bridgehead atoms. The van der Waals surface area contributed by atoms with Crippen LogP contribution in [0.4, 0.5) is 0 Å². The summed E-state index contributed by atoms with van der Waals surface area (Å²) in [4.78, 5) is 2.25. The third-order valence-electron chi connectivity index (χ3n) is 4.53. The molecule has 0 saturated heterocycles. The summed E-state index contributed by atoms with van der Waals surface area (Å²) in [7, 11) is 4.27. The first kappa shape index (κ1) is 17.1. The van der Waals surface area contributed by atoms with Gasteiger partial charge in [-0.15, -0.1) is 0 Å². The Balaban J connectivity index is 2.51. The average molecular weight is 316 g/mol. The van der Waals surface area contributed by atoms with Gasteiger partial charge in [-0.3, -0.25) is 0 Å². The van der Waals surface area contributed by atoms with Gasteiger partial charge >= 0.3 is 0 Å². The molecule has 0 saturated carbocycles. The number of nitrogens with zero attached hydrogens (tertiary/aromatic N) is 1. The molecule has 0 heterocycles. The van der Waals surface area contributed by atoms with Gasteiger partial charge in [0.15, 0.2) is 0 Å². The molecule has 0 N–H and O–H groups in total. The monoisotopic (exact) mass is 315 g/mol. The van der Waals surface area contributed by atoms with E-state index in [0.29, 0.717) is 0 Å². The number of hydrogen-bond donors (Lipinski definition) is 0. The van der Waals surface area contributed by atoms with E-state index in [2.05, 4.69) is 69.2 Å². The summed E-state index contributed by atoms with van der Waals surface area (Å²) >= 11 is 6.09. The zero-order valence-electron chi connectivity index (χ0n) is 14.1. The van der Waals surface area contributed by atoms with Crippen LogP contribution in [-0.4, -0.2) is 25.5 Å². The number of hydrogen-bond acceptors (Lipinski definition) is 1. The van der Waals surface area contributed by atoms with Gasteiger partial charge in [0.05, 0.1) is 0 Å². The Kier molecular flexibility index (Phi) is 5.66. The van der Waals surface area contributed by atoms with E-state index in [1.165, 1.54) is 16.7 Å². The maximum absolute atomic E-state index is 6.09. The Bertz CT molecular complexity index is 603. The fourth-order valence-electron chi connectivity index (χ4n) is 3.07. The number of aryl methyl sites for hydroxylation is 1. The Morgan fingerprint density at radius 3 is 2.23 bits per heavy atom. The summed E-state index contributed by atoms with van der Waals surface area (Å²) < 4.78 is 0. The second-order valence-corrected chi connectivity index (χ2v) is 6.84. The van der Waals surface area contributed by atoms with Crippen molar-refractivity contribution in [2.75, 3.05) is 20.6 Å². The second kappa shape index (κ2) is 7.30. The van der Waals surface area contributed by atoms with Gasteiger partial charge in [-0.1, -0.05) is 61.8 Å². The molecule has 22 heavy (non-hydrogen) atoms. The molecule has 2 heteroatoms. The maximum Gasteiger partial charge on any atom is 0.0406 e. The molecule has 118 valence electrons. The van der Waals surface area contributed by atoms with Crippen molar-refractivity contribution >= 4 is 11.6 Å². The molecule has 0 aromatic heterocycles. The van der Waals surface area contributed by atoms with Crippen LogP contribution >= 0.6 is 11.6 Å². The highest BCUT2D eigenvalue weighted by Crippen LogP contribution is 2.38. The highest BCUT2D eigenvalue weighted by Gasteiger charge is 2.30. The topological polar surface area (TPSA) is 3.24 Å². The maximum atomic E-state index is 6.09. The van der Waals surface area contributed by atoms with Gasteiger partial charge in [-0.2, -0.15) is 0 Å². The molecule has 0 aliphatic carbocycles. The molecule has 0 amide bonds. The van der Waals surface area contributed by atoms with E-state index in [-0.39, 0.29) is 5.41 Å². The molecule has 0 spiro atoms. The standard InChI is InChI=1S/C20H26ClN/c1-5-16-8-6-7-9-19(16)20(2,14-15-22(3)4)17-10-12-18(21)13-11-17/h6-13H,5,14-15H2,1-4H3. The van der Waals surface area contributed by atoms with Crippen molar-refractivity contribution < 1.29 is 0 Å². The third kappa shape index (κ3) is 3.71. The smallest absolute Gasteiger partial charge is 0.0406 e. The predicted molar refractivity (Wildman–Crippen MR) is 96.9 cm³/mol. The van der Waals surface area contributed by atoms with Crippen molar-refractivity contribution in [3.05, 3.63) is 70.2 Å². The van der Waals surface area contributed by atoms with Gasteiger partial charge < -0.3 is 4.90 Å². The minimum Gasteiger partial charge on any atom is -0.309 e. The van der Waals surface area contributed by atoms with Gasteiger partial charge in [-0.25, -0.2) is 0 Å². The van der Waals surface area contributed by atoms with Crippen LogP contribution in [0.5, 0.6) is 0 Å². The lowest BCUT2D eigenvalue weighted by molar-refractivity contribution is 0.354. The van der Waals surface area contributed by atoms with E-state index in [1.54, 1.807) is 0 Å². The fourth-order valence-corrected chi connectivity index (χ4v) is 3.19. The average Bonchev–Trinajstić information content (AvgIpc) is 2.53. The molecule has 2 aromatic rings. The molecule has 2 rings (SSSR count). The van der Waals surface area contributed by atoms with Crippen molar-refractivity contribution in [3.63, 3.8) is 0 Å². The van der Waals surface area contributed by atoms with Crippen molar-refractivity contribution in [1.29, 1.82) is 0 Å². The van der Waals surface area contributed by atoms with Gasteiger partial charge in [-0.05, 0) is 62.3 Å². The van der Waals surface area contributed by atoms with Gasteiger partial charge in [0.25, 0.3) is 0 Å². The van der Waals surface area contributed by atoms with Crippen LogP contribution in [0.3, 0.4) is 0 Å². The Hall–Kier alpha value is -1.31. The van der Waals surface area contributed by atoms with Crippen LogP contribution in [0.25, 0.3) is 0 Å². The molecule has 0 radical (unpaired) electrons. The highest BCUT2D eigenvalue weighted by atomic mass is 35.5. The van der Waals surface area contributed by atoms with Crippen LogP contribution in [0, 0.1) is 0 Å². The molecular formula is C20H26ClN. The SMILES string of the molecule is CCc1ccccc1C(C)(CCN(C)C)c1ccc(Cl)cc1. The van der Waals surface area contributed by atoms with E-state index in [1.807, 2.05) is 12.1 Å². The van der Waals surface area contributed by atoms with Gasteiger partial charge in [0.2, 0.25) is 0 Å². The summed E-state index contributed by atoms with van der Waals surface area (Å²) in [5.41, 5.74) is 4.20. The Labute approximate surface area is 139 Å². The molecular weight excluding hydrogens is 290 g/mol. The van der Waals surface area contributed by atoms with E-state index in [9.17, 15) is 0 Å². The van der Waals surface area contributed by atoms with Crippen molar-refractivity contribution in [1.82, 2.24) is 4.90 Å². The molecule has 0 aliphatic rings.